The topological polar surface area (TPSA) is 186 Å². The number of hydrogen-bond acceptors (Lipinski definition) is 11. The molecule has 0 aliphatic carbocycles. The van der Waals surface area contributed by atoms with Crippen LogP contribution in [0, 0.1) is 23.7 Å². The first-order chi connectivity index (χ1) is 34.1. The van der Waals surface area contributed by atoms with Crippen molar-refractivity contribution in [2.45, 2.75) is 104 Å². The van der Waals surface area contributed by atoms with Gasteiger partial charge in [-0.25, -0.2) is 9.97 Å². The number of aryl methyl sites for hydroxylation is 1. The number of oxazole rings is 1. The molecular formula is C53H58F3N9O6S. The molecule has 1 unspecified atom stereocenters. The third-order valence-electron chi connectivity index (χ3n) is 12.9. The lowest BCUT2D eigenvalue weighted by Crippen LogP contribution is -2.58. The number of nitrogens with zero attached hydrogens (tertiary/aromatic N) is 6. The normalized spacial score (nSPS) is 16.6. The van der Waals surface area contributed by atoms with Crippen LogP contribution in [0.3, 0.4) is 0 Å². The molecule has 0 spiro atoms. The fraction of sp³-hybridized carbons (Fsp3) is 0.396. The van der Waals surface area contributed by atoms with Crippen molar-refractivity contribution in [2.24, 2.45) is 5.41 Å². The number of nitriles is 1. The van der Waals surface area contributed by atoms with Crippen LogP contribution in [0.25, 0.3) is 22.5 Å². The van der Waals surface area contributed by atoms with Crippen molar-refractivity contribution < 1.29 is 41.5 Å². The summed E-state index contributed by atoms with van der Waals surface area (Å²) >= 11 is 5.65. The Labute approximate surface area is 422 Å². The van der Waals surface area contributed by atoms with Crippen LogP contribution in [0.2, 0.25) is 0 Å². The highest BCUT2D eigenvalue weighted by molar-refractivity contribution is 7.81. The molecule has 4 heterocycles. The molecule has 378 valence electrons. The summed E-state index contributed by atoms with van der Waals surface area (Å²) in [5, 5.41) is 18.5. The van der Waals surface area contributed by atoms with Crippen molar-refractivity contribution in [1.29, 1.82) is 5.26 Å². The maximum absolute atomic E-state index is 14.0. The summed E-state index contributed by atoms with van der Waals surface area (Å²) in [6.45, 7) is 13.9. The van der Waals surface area contributed by atoms with Crippen molar-refractivity contribution >= 4 is 58.0 Å². The average molecular weight is 1010 g/mol. The molecule has 2 aliphatic rings. The average Bonchev–Trinajstić information content (AvgIpc) is 4.06. The smallest absolute Gasteiger partial charge is 0.419 e. The summed E-state index contributed by atoms with van der Waals surface area (Å²) in [5.74, 6) is -0.817. The van der Waals surface area contributed by atoms with E-state index in [4.69, 9.17) is 21.4 Å². The Hall–Kier alpha value is -7.17. The number of carbonyl (C=O) groups excluding carboxylic acids is 4. The van der Waals surface area contributed by atoms with E-state index in [0.29, 0.717) is 56.5 Å². The van der Waals surface area contributed by atoms with E-state index < -0.39 is 52.3 Å². The van der Waals surface area contributed by atoms with Crippen LogP contribution in [-0.4, -0.2) is 87.5 Å². The zero-order valence-electron chi connectivity index (χ0n) is 41.2. The van der Waals surface area contributed by atoms with Gasteiger partial charge in [-0.15, -0.1) is 0 Å². The van der Waals surface area contributed by atoms with E-state index in [1.165, 1.54) is 12.5 Å². The maximum Gasteiger partial charge on any atom is 0.419 e. The van der Waals surface area contributed by atoms with Crippen LogP contribution in [0.5, 0.6) is 0 Å². The Bertz CT molecular complexity index is 2840. The molecule has 2 saturated heterocycles. The van der Waals surface area contributed by atoms with Crippen LogP contribution in [-0.2, 0) is 30.1 Å². The van der Waals surface area contributed by atoms with Crippen LogP contribution >= 0.6 is 12.2 Å². The predicted octanol–water partition coefficient (Wildman–Crippen LogP) is 9.13. The largest absolute Gasteiger partial charge is 0.443 e. The van der Waals surface area contributed by atoms with E-state index >= 15 is 0 Å². The van der Waals surface area contributed by atoms with Gasteiger partial charge in [0.1, 0.15) is 30.3 Å². The summed E-state index contributed by atoms with van der Waals surface area (Å²) in [7, 11) is 0. The molecule has 3 N–H and O–H groups in total. The summed E-state index contributed by atoms with van der Waals surface area (Å²) in [6, 6.07) is 23.2. The molecule has 3 atom stereocenters. The van der Waals surface area contributed by atoms with Crippen molar-refractivity contribution in [3.63, 3.8) is 0 Å². The zero-order chi connectivity index (χ0) is 52.1. The number of nitrogens with one attached hydrogen (secondary N) is 3. The number of ether oxygens (including phenoxy) is 1. The van der Waals surface area contributed by atoms with Crippen LogP contribution in [0.15, 0.2) is 95.9 Å². The highest BCUT2D eigenvalue weighted by atomic mass is 32.1. The summed E-state index contributed by atoms with van der Waals surface area (Å²) in [6.07, 6.45) is 0.215. The van der Waals surface area contributed by atoms with Crippen molar-refractivity contribution in [1.82, 2.24) is 25.5 Å². The number of anilines is 3. The fourth-order valence-electron chi connectivity index (χ4n) is 8.86. The molecule has 72 heavy (non-hydrogen) atoms. The van der Waals surface area contributed by atoms with Gasteiger partial charge in [0.15, 0.2) is 23.0 Å². The molecule has 2 aliphatic heterocycles. The van der Waals surface area contributed by atoms with E-state index in [2.05, 4.69) is 25.9 Å². The summed E-state index contributed by atoms with van der Waals surface area (Å²) < 4.78 is 52.4. The Morgan fingerprint density at radius 3 is 2.21 bits per heavy atom. The minimum absolute atomic E-state index is 0.0240. The third kappa shape index (κ3) is 11.6. The molecule has 0 bridgehead atoms. The lowest BCUT2D eigenvalue weighted by molar-refractivity contribution is -0.144. The van der Waals surface area contributed by atoms with Gasteiger partial charge in [-0.2, -0.15) is 18.4 Å². The van der Waals surface area contributed by atoms with Crippen LogP contribution in [0.1, 0.15) is 95.8 Å². The van der Waals surface area contributed by atoms with Gasteiger partial charge in [-0.3, -0.25) is 24.1 Å². The van der Waals surface area contributed by atoms with Gasteiger partial charge in [0, 0.05) is 36.6 Å². The number of likely N-dealkylation sites (tertiary alicyclic amines) is 1. The van der Waals surface area contributed by atoms with Crippen molar-refractivity contribution in [3.8, 4) is 28.5 Å². The maximum atomic E-state index is 14.0. The van der Waals surface area contributed by atoms with E-state index in [9.17, 15) is 37.6 Å². The quantitative estimate of drug-likeness (QED) is 0.0594. The number of aromatic nitrogens is 2. The minimum Gasteiger partial charge on any atom is -0.443 e. The molecule has 19 heteroatoms. The van der Waals surface area contributed by atoms with Crippen LogP contribution in [0.4, 0.5) is 30.2 Å². The Morgan fingerprint density at radius 1 is 0.944 bits per heavy atom. The Kier molecular flexibility index (Phi) is 15.8. The first-order valence-electron chi connectivity index (χ1n) is 23.7. The number of rotatable bonds is 17. The van der Waals surface area contributed by atoms with Crippen LogP contribution < -0.4 is 25.8 Å². The number of amides is 4. The molecule has 2 aromatic heterocycles. The Morgan fingerprint density at radius 2 is 1.60 bits per heavy atom. The molecule has 0 radical (unpaired) electrons. The first-order valence-corrected chi connectivity index (χ1v) is 24.1. The van der Waals surface area contributed by atoms with E-state index in [1.807, 2.05) is 95.3 Å². The molecule has 5 aromatic rings. The first kappa shape index (κ1) is 52.6. The van der Waals surface area contributed by atoms with Crippen molar-refractivity contribution in [2.75, 3.05) is 41.4 Å². The van der Waals surface area contributed by atoms with Gasteiger partial charge < -0.3 is 34.9 Å². The SMILES string of the molecule is Cc1ncoc1-c1ccc([C@H](C)NC(=O)[C@@H]2CCCN2C(=O)C(NC(=O)COCCCCNc2ccc(-c3ccc(N4C(=S)N(c5cnc(C#N)c(C(F)(F)F)c5)C(=O)C4(C)C)cc3)cc2)C(C)(C)C)cc1. The summed E-state index contributed by atoms with van der Waals surface area (Å²) in [5.41, 5.74) is 1.73. The molecule has 0 saturated carbocycles. The lowest BCUT2D eigenvalue weighted by atomic mass is 9.85. The van der Waals surface area contributed by atoms with Gasteiger partial charge in [0.2, 0.25) is 17.7 Å². The molecule has 3 aromatic carbocycles. The second-order valence-electron chi connectivity index (χ2n) is 19.5. The van der Waals surface area contributed by atoms with Gasteiger partial charge in [0.05, 0.1) is 29.2 Å². The van der Waals surface area contributed by atoms with Gasteiger partial charge in [-0.1, -0.05) is 69.3 Å². The number of carbonyl (C=O) groups is 4. The van der Waals surface area contributed by atoms with Gasteiger partial charge in [-0.05, 0) is 118 Å². The molecule has 2 fully saturated rings. The summed E-state index contributed by atoms with van der Waals surface area (Å²) in [4.78, 5) is 66.4. The number of halogens is 3. The minimum atomic E-state index is -4.86. The number of unbranched alkanes of at least 4 members (excludes halogenated alkanes) is 1. The lowest BCUT2D eigenvalue weighted by Gasteiger charge is -2.35. The number of benzene rings is 3. The number of hydrogen-bond donors (Lipinski definition) is 3. The molecular weight excluding hydrogens is 948 g/mol. The number of alkyl halides is 3. The predicted molar refractivity (Wildman–Crippen MR) is 270 cm³/mol. The van der Waals surface area contributed by atoms with Crippen molar-refractivity contribution in [3.05, 3.63) is 114 Å². The monoisotopic (exact) mass is 1010 g/mol. The highest BCUT2D eigenvalue weighted by Gasteiger charge is 2.51. The van der Waals surface area contributed by atoms with E-state index in [1.54, 1.807) is 35.8 Å². The second kappa shape index (κ2) is 21.7. The second-order valence-corrected chi connectivity index (χ2v) is 19.9. The van der Waals surface area contributed by atoms with Gasteiger partial charge in [0.25, 0.3) is 5.91 Å². The van der Waals surface area contributed by atoms with E-state index in [0.717, 1.165) is 51.2 Å². The standard InChI is InChI=1S/C53H58F3N9O6S/c1-32(34-12-14-37(15-13-34)45-33(2)60-31-71-45)61-47(67)43-11-10-25-63(43)48(68)46(51(3,4)5)62-44(66)30-70-26-9-8-24-58-38-20-16-35(17-21-38)36-18-22-39(23-19-36)65-50(72)64(49(69)52(65,6)7)40-27-41(53(54,55)56)42(28-57)59-29-40/h12-23,27,29,31-32,43,46,58H,8-11,24-26,30H2,1-7H3,(H,61,67)(H,62,66)/t32-,43-,46?/m0/s1. The highest BCUT2D eigenvalue weighted by Crippen LogP contribution is 2.40. The number of thiocarbonyl (C=S) groups is 1. The third-order valence-corrected chi connectivity index (χ3v) is 13.2. The Balaban J connectivity index is 0.839. The van der Waals surface area contributed by atoms with E-state index in [-0.39, 0.29) is 35.3 Å². The zero-order valence-corrected chi connectivity index (χ0v) is 42.0. The molecule has 4 amide bonds. The fourth-order valence-corrected chi connectivity index (χ4v) is 9.38. The molecule has 7 rings (SSSR count). The molecule has 15 nitrogen and oxygen atoms in total. The number of pyridine rings is 1. The van der Waals surface area contributed by atoms with Gasteiger partial charge >= 0.3 is 6.18 Å².